The topological polar surface area (TPSA) is 35.5 Å². The Hall–Kier alpha value is -1.65. The van der Waals surface area contributed by atoms with E-state index in [-0.39, 0.29) is 0 Å². The van der Waals surface area contributed by atoms with Gasteiger partial charge < -0.3 is 0 Å². The van der Waals surface area contributed by atoms with E-state index in [2.05, 4.69) is 26.5 Å². The van der Waals surface area contributed by atoms with Gasteiger partial charge in [0, 0.05) is 0 Å². The quantitative estimate of drug-likeness (QED) is 0.427. The molecule has 1 aliphatic rings. The zero-order valence-corrected chi connectivity index (χ0v) is 14.7. The van der Waals surface area contributed by atoms with Gasteiger partial charge in [-0.1, -0.05) is 35.6 Å². The molecule has 1 aromatic carbocycles. The fourth-order valence-electron chi connectivity index (χ4n) is 2.75. The average molecular weight is 328 g/mol. The normalized spacial score (nSPS) is 15.9. The molecule has 23 heavy (non-hydrogen) atoms. The molecule has 1 aliphatic carbocycles. The lowest BCUT2D eigenvalue weighted by Crippen LogP contribution is -2.43. The van der Waals surface area contributed by atoms with Gasteiger partial charge in [-0.3, -0.25) is 4.89 Å². The summed E-state index contributed by atoms with van der Waals surface area (Å²) in [6, 6.07) is 8.51. The summed E-state index contributed by atoms with van der Waals surface area (Å²) < 4.78 is 0. The van der Waals surface area contributed by atoms with Gasteiger partial charge in [-0.2, -0.15) is 4.89 Å². The maximum absolute atomic E-state index is 12.1. The van der Waals surface area contributed by atoms with E-state index in [0.717, 1.165) is 37.8 Å². The second-order valence-electron chi connectivity index (χ2n) is 5.74. The molecule has 0 atom stereocenters. The number of carbonyl (C=O) groups is 1. The van der Waals surface area contributed by atoms with Crippen molar-refractivity contribution < 1.29 is 14.6 Å². The van der Waals surface area contributed by atoms with E-state index in [1.54, 1.807) is 12.1 Å². The Morgan fingerprint density at radius 3 is 2.30 bits per heavy atom. The Morgan fingerprint density at radius 2 is 1.78 bits per heavy atom. The summed E-state index contributed by atoms with van der Waals surface area (Å²) in [5, 5.41) is 1.19. The van der Waals surface area contributed by atoms with Crippen LogP contribution in [-0.2, 0) is 9.78 Å². The Kier molecular flexibility index (Phi) is 6.36. The molecule has 0 unspecified atom stereocenters. The molecule has 122 valence electrons. The van der Waals surface area contributed by atoms with Gasteiger partial charge in [0.05, 0.1) is 5.56 Å². The fraction of sp³-hybridized carbons (Fsp3) is 0.316. The first-order valence-electron chi connectivity index (χ1n) is 8.08. The lowest BCUT2D eigenvalue weighted by atomic mass is 9.98. The zero-order valence-electron chi connectivity index (χ0n) is 13.7. The average Bonchev–Trinajstić information content (AvgIpc) is 2.63. The molecule has 0 aliphatic heterocycles. The van der Waals surface area contributed by atoms with Crippen molar-refractivity contribution in [3.63, 3.8) is 0 Å². The van der Waals surface area contributed by atoms with Gasteiger partial charge in [0.25, 0.3) is 0 Å². The molecular formula is C19H24O3Si. The van der Waals surface area contributed by atoms with E-state index in [4.69, 9.17) is 9.78 Å². The second kappa shape index (κ2) is 8.27. The summed E-state index contributed by atoms with van der Waals surface area (Å²) in [5.41, 5.74) is 4.53. The van der Waals surface area contributed by atoms with Gasteiger partial charge in [-0.15, -0.1) is 13.2 Å². The summed E-state index contributed by atoms with van der Waals surface area (Å²) in [6.45, 7) is 10.1. The number of hydrogen-bond donors (Lipinski definition) is 0. The maximum atomic E-state index is 12.1. The Labute approximate surface area is 139 Å². The summed E-state index contributed by atoms with van der Waals surface area (Å²) in [7, 11) is -1.86. The summed E-state index contributed by atoms with van der Waals surface area (Å²) in [5.74, 6) is -0.459. The molecule has 0 N–H and O–H groups in total. The summed E-state index contributed by atoms with van der Waals surface area (Å²) in [4.78, 5) is 22.2. The van der Waals surface area contributed by atoms with Crippen molar-refractivity contribution in [2.24, 2.45) is 0 Å². The maximum Gasteiger partial charge on any atom is 0.373 e. The van der Waals surface area contributed by atoms with Crippen LogP contribution in [0.5, 0.6) is 0 Å². The summed E-state index contributed by atoms with van der Waals surface area (Å²) >= 11 is 0. The Balaban J connectivity index is 1.99. The van der Waals surface area contributed by atoms with Crippen molar-refractivity contribution >= 4 is 19.2 Å². The number of carbonyl (C=O) groups excluding carboxylic acids is 1. The first kappa shape index (κ1) is 17.7. The van der Waals surface area contributed by atoms with E-state index < -0.39 is 14.0 Å². The van der Waals surface area contributed by atoms with Gasteiger partial charge in [0.15, 0.2) is 0 Å². The highest BCUT2D eigenvalue weighted by atomic mass is 28.3. The van der Waals surface area contributed by atoms with Crippen molar-refractivity contribution in [1.29, 1.82) is 0 Å². The van der Waals surface area contributed by atoms with Crippen LogP contribution < -0.4 is 5.19 Å². The van der Waals surface area contributed by atoms with Crippen molar-refractivity contribution in [3.8, 4) is 0 Å². The van der Waals surface area contributed by atoms with Crippen LogP contribution >= 0.6 is 0 Å². The third kappa shape index (κ3) is 4.21. The third-order valence-corrected chi connectivity index (χ3v) is 8.50. The van der Waals surface area contributed by atoms with E-state index >= 15 is 0 Å². The molecule has 1 fully saturated rings. The predicted octanol–water partition coefficient (Wildman–Crippen LogP) is 4.21. The standard InChI is InChI=1S/C19H24O3Si/c1-4-23(5-2,6-3)18-14-12-16(13-15-18)19(20)22-21-17-10-8-7-9-11-17/h4-5,7,12-15H,1-2,6,8-11H2,3H3. The van der Waals surface area contributed by atoms with Crippen molar-refractivity contribution in [2.45, 2.75) is 38.7 Å². The molecule has 0 spiro atoms. The zero-order chi connectivity index (χ0) is 16.7. The molecule has 0 bridgehead atoms. The van der Waals surface area contributed by atoms with Crippen LogP contribution in [-0.4, -0.2) is 14.0 Å². The number of hydrogen-bond acceptors (Lipinski definition) is 3. The first-order chi connectivity index (χ1) is 11.1. The van der Waals surface area contributed by atoms with Crippen molar-refractivity contribution in [2.75, 3.05) is 0 Å². The molecule has 0 saturated heterocycles. The Morgan fingerprint density at radius 1 is 1.17 bits per heavy atom. The van der Waals surface area contributed by atoms with Crippen LogP contribution in [0.15, 0.2) is 48.8 Å². The predicted molar refractivity (Wildman–Crippen MR) is 95.2 cm³/mol. The van der Waals surface area contributed by atoms with E-state index in [0.29, 0.717) is 5.56 Å². The van der Waals surface area contributed by atoms with Gasteiger partial charge in [0.2, 0.25) is 0 Å². The van der Waals surface area contributed by atoms with Gasteiger partial charge in [-0.25, -0.2) is 4.79 Å². The molecular weight excluding hydrogens is 304 g/mol. The molecule has 0 aromatic heterocycles. The molecule has 2 rings (SSSR count). The van der Waals surface area contributed by atoms with Crippen LogP contribution in [0.2, 0.25) is 6.04 Å². The number of benzene rings is 1. The smallest absolute Gasteiger partial charge is 0.292 e. The lowest BCUT2D eigenvalue weighted by molar-refractivity contribution is -0.238. The minimum Gasteiger partial charge on any atom is -0.292 e. The van der Waals surface area contributed by atoms with Crippen LogP contribution in [0.4, 0.5) is 0 Å². The molecule has 4 heteroatoms. The van der Waals surface area contributed by atoms with Gasteiger partial charge in [0.1, 0.15) is 14.2 Å². The lowest BCUT2D eigenvalue weighted by Gasteiger charge is -2.23. The first-order valence-corrected chi connectivity index (χ1v) is 10.4. The highest BCUT2D eigenvalue weighted by molar-refractivity contribution is 6.99. The number of rotatable bonds is 7. The van der Waals surface area contributed by atoms with Crippen LogP contribution in [0.1, 0.15) is 43.0 Å². The van der Waals surface area contributed by atoms with Crippen LogP contribution in [0.3, 0.4) is 0 Å². The highest BCUT2D eigenvalue weighted by Gasteiger charge is 2.26. The van der Waals surface area contributed by atoms with Gasteiger partial charge >= 0.3 is 5.97 Å². The second-order valence-corrected chi connectivity index (χ2v) is 9.92. The minimum atomic E-state index is -1.86. The fourth-order valence-corrected chi connectivity index (χ4v) is 5.16. The molecule has 1 aromatic rings. The van der Waals surface area contributed by atoms with E-state index in [9.17, 15) is 4.79 Å². The monoisotopic (exact) mass is 328 g/mol. The van der Waals surface area contributed by atoms with E-state index in [1.807, 2.05) is 23.5 Å². The molecule has 2 radical (unpaired) electrons. The molecule has 0 heterocycles. The molecule has 0 amide bonds. The van der Waals surface area contributed by atoms with Crippen molar-refractivity contribution in [3.05, 3.63) is 66.9 Å². The SMILES string of the molecule is C=C[Si](C=C)(CC)c1ccc(C(=O)OO[C]2CC[CH]CC2)cc1. The molecule has 3 nitrogen and oxygen atoms in total. The van der Waals surface area contributed by atoms with Gasteiger partial charge in [-0.05, 0) is 50.3 Å². The molecule has 1 saturated carbocycles. The third-order valence-electron chi connectivity index (χ3n) is 4.46. The largest absolute Gasteiger partial charge is 0.373 e. The van der Waals surface area contributed by atoms with Crippen LogP contribution in [0.25, 0.3) is 0 Å². The minimum absolute atomic E-state index is 0.459. The highest BCUT2D eigenvalue weighted by Crippen LogP contribution is 2.26. The van der Waals surface area contributed by atoms with E-state index in [1.165, 1.54) is 5.19 Å². The Bertz CT molecular complexity index is 536. The van der Waals surface area contributed by atoms with Crippen LogP contribution in [0, 0.1) is 12.5 Å². The van der Waals surface area contributed by atoms with Crippen molar-refractivity contribution in [1.82, 2.24) is 0 Å². The summed E-state index contributed by atoms with van der Waals surface area (Å²) in [6.07, 6.45) is 6.68.